The molecule has 0 unspecified atom stereocenters. The van der Waals surface area contributed by atoms with Crippen molar-refractivity contribution in [1.29, 1.82) is 0 Å². The number of nitrogens with zero attached hydrogens (tertiary/aromatic N) is 2. The van der Waals surface area contributed by atoms with Crippen LogP contribution in [-0.4, -0.2) is 21.9 Å². The highest BCUT2D eigenvalue weighted by Gasteiger charge is 2.15. The molecule has 0 aliphatic heterocycles. The van der Waals surface area contributed by atoms with E-state index >= 15 is 0 Å². The van der Waals surface area contributed by atoms with E-state index in [-0.39, 0.29) is 5.82 Å². The maximum atomic E-state index is 12.4. The Morgan fingerprint density at radius 1 is 1.44 bits per heavy atom. The van der Waals surface area contributed by atoms with Crippen LogP contribution in [0.2, 0.25) is 0 Å². The summed E-state index contributed by atoms with van der Waals surface area (Å²) in [4.78, 5) is 21.0. The zero-order chi connectivity index (χ0) is 13.7. The number of nitrogens with one attached hydrogen (secondary N) is 1. The summed E-state index contributed by atoms with van der Waals surface area (Å²) >= 11 is 0. The van der Waals surface area contributed by atoms with Crippen LogP contribution in [0.4, 0.5) is 19.0 Å². The van der Waals surface area contributed by atoms with Crippen LogP contribution in [-0.2, 0) is 11.3 Å². The maximum absolute atomic E-state index is 12.4. The Morgan fingerprint density at radius 3 is 2.67 bits per heavy atom. The molecule has 0 bridgehead atoms. The van der Waals surface area contributed by atoms with E-state index in [1.54, 1.807) is 0 Å². The zero-order valence-corrected chi connectivity index (χ0v) is 8.90. The molecule has 0 spiro atoms. The van der Waals surface area contributed by atoms with E-state index in [1.807, 2.05) is 5.32 Å². The van der Waals surface area contributed by atoms with Gasteiger partial charge in [-0.05, 0) is 11.0 Å². The van der Waals surface area contributed by atoms with Crippen LogP contribution in [0.5, 0.6) is 0 Å². The molecule has 18 heavy (non-hydrogen) atoms. The van der Waals surface area contributed by atoms with Crippen LogP contribution < -0.4 is 5.32 Å². The van der Waals surface area contributed by atoms with Gasteiger partial charge in [0.2, 0.25) is 0 Å². The SMILES string of the molecule is O=C(Cn1cccc1[N+](=O)[O-])NCC(F)=C(F)F. The summed E-state index contributed by atoms with van der Waals surface area (Å²) in [5.41, 5.74) is 0. The van der Waals surface area contributed by atoms with E-state index in [0.29, 0.717) is 0 Å². The van der Waals surface area contributed by atoms with Gasteiger partial charge in [0.15, 0.2) is 12.4 Å². The molecule has 0 aliphatic carbocycles. The van der Waals surface area contributed by atoms with Crippen LogP contribution in [0.1, 0.15) is 0 Å². The predicted octanol–water partition coefficient (Wildman–Crippen LogP) is 1.59. The van der Waals surface area contributed by atoms with Gasteiger partial charge in [-0.15, -0.1) is 0 Å². The number of hydrogen-bond acceptors (Lipinski definition) is 3. The van der Waals surface area contributed by atoms with Crippen LogP contribution in [0.3, 0.4) is 0 Å². The number of carbonyl (C=O) groups excluding carboxylic acids is 1. The number of amides is 1. The first-order valence-corrected chi connectivity index (χ1v) is 4.67. The molecule has 0 atom stereocenters. The molecule has 0 saturated carbocycles. The first-order chi connectivity index (χ1) is 8.41. The minimum absolute atomic E-state index is 0.321. The zero-order valence-electron chi connectivity index (χ0n) is 8.90. The van der Waals surface area contributed by atoms with Crippen LogP contribution in [0.25, 0.3) is 0 Å². The smallest absolute Gasteiger partial charge is 0.323 e. The fraction of sp³-hybridized carbons (Fsp3) is 0.222. The van der Waals surface area contributed by atoms with Crippen LogP contribution in [0.15, 0.2) is 30.2 Å². The second-order valence-electron chi connectivity index (χ2n) is 3.19. The van der Waals surface area contributed by atoms with Crippen molar-refractivity contribution in [1.82, 2.24) is 9.88 Å². The first kappa shape index (κ1) is 13.7. The summed E-state index contributed by atoms with van der Waals surface area (Å²) in [6, 6.07) is 2.53. The second kappa shape index (κ2) is 5.84. The second-order valence-corrected chi connectivity index (χ2v) is 3.19. The third-order valence-corrected chi connectivity index (χ3v) is 1.95. The lowest BCUT2D eigenvalue weighted by Crippen LogP contribution is -2.29. The van der Waals surface area contributed by atoms with Crippen molar-refractivity contribution in [2.75, 3.05) is 6.54 Å². The molecule has 1 rings (SSSR count). The van der Waals surface area contributed by atoms with E-state index < -0.39 is 35.8 Å². The third kappa shape index (κ3) is 3.61. The van der Waals surface area contributed by atoms with Crippen molar-refractivity contribution in [2.45, 2.75) is 6.54 Å². The minimum atomic E-state index is -2.51. The Bertz CT molecular complexity index is 494. The van der Waals surface area contributed by atoms with Gasteiger partial charge in [-0.25, -0.2) is 8.96 Å². The molecule has 1 amide bonds. The number of nitro groups is 1. The Kier molecular flexibility index (Phi) is 4.46. The molecule has 1 heterocycles. The lowest BCUT2D eigenvalue weighted by Gasteiger charge is -2.03. The molecule has 0 saturated heterocycles. The molecule has 1 aromatic rings. The Balaban J connectivity index is 2.58. The molecular weight excluding hydrogens is 255 g/mol. The molecule has 9 heteroatoms. The molecule has 0 aliphatic rings. The lowest BCUT2D eigenvalue weighted by molar-refractivity contribution is -0.391. The first-order valence-electron chi connectivity index (χ1n) is 4.67. The fourth-order valence-electron chi connectivity index (χ4n) is 1.16. The monoisotopic (exact) mass is 263 g/mol. The molecular formula is C9H8F3N3O3. The van der Waals surface area contributed by atoms with Crippen molar-refractivity contribution in [2.24, 2.45) is 0 Å². The molecule has 1 N–H and O–H groups in total. The van der Waals surface area contributed by atoms with Crippen LogP contribution >= 0.6 is 0 Å². The van der Waals surface area contributed by atoms with E-state index in [9.17, 15) is 28.1 Å². The Hall–Kier alpha value is -2.32. The summed E-state index contributed by atoms with van der Waals surface area (Å²) in [5, 5.41) is 12.4. The van der Waals surface area contributed by atoms with Crippen molar-refractivity contribution in [3.8, 4) is 0 Å². The lowest BCUT2D eigenvalue weighted by atomic mass is 10.5. The summed E-state index contributed by atoms with van der Waals surface area (Å²) in [5.74, 6) is -2.88. The van der Waals surface area contributed by atoms with Gasteiger partial charge in [0.05, 0.1) is 12.7 Å². The van der Waals surface area contributed by atoms with Crippen molar-refractivity contribution in [3.05, 3.63) is 40.4 Å². The standard InChI is InChI=1S/C9H8F3N3O3/c10-6(9(11)12)4-13-7(16)5-14-3-1-2-8(14)15(17)18/h1-3H,4-5H2,(H,13,16). The maximum Gasteiger partial charge on any atom is 0.323 e. The van der Waals surface area contributed by atoms with Crippen molar-refractivity contribution < 1.29 is 22.9 Å². The number of halogens is 3. The van der Waals surface area contributed by atoms with Gasteiger partial charge in [0, 0.05) is 6.07 Å². The topological polar surface area (TPSA) is 77.2 Å². The average Bonchev–Trinajstić information content (AvgIpc) is 2.73. The van der Waals surface area contributed by atoms with Gasteiger partial charge >= 0.3 is 11.9 Å². The third-order valence-electron chi connectivity index (χ3n) is 1.95. The Morgan fingerprint density at radius 2 is 2.11 bits per heavy atom. The summed E-state index contributed by atoms with van der Waals surface area (Å²) in [6.07, 6.45) is -1.23. The van der Waals surface area contributed by atoms with Gasteiger partial charge in [-0.1, -0.05) is 0 Å². The summed E-state index contributed by atoms with van der Waals surface area (Å²) in [7, 11) is 0. The predicted molar refractivity (Wildman–Crippen MR) is 54.4 cm³/mol. The van der Waals surface area contributed by atoms with Gasteiger partial charge in [0.25, 0.3) is 5.91 Å². The number of rotatable bonds is 5. The van der Waals surface area contributed by atoms with E-state index in [1.165, 1.54) is 18.3 Å². The normalized spacial score (nSPS) is 9.94. The quantitative estimate of drug-likeness (QED) is 0.647. The van der Waals surface area contributed by atoms with Gasteiger partial charge < -0.3 is 15.4 Å². The van der Waals surface area contributed by atoms with Crippen molar-refractivity contribution >= 4 is 11.7 Å². The summed E-state index contributed by atoms with van der Waals surface area (Å²) < 4.78 is 36.7. The van der Waals surface area contributed by atoms with Gasteiger partial charge in [-0.3, -0.25) is 4.79 Å². The molecule has 0 radical (unpaired) electrons. The molecule has 0 fully saturated rings. The van der Waals surface area contributed by atoms with Crippen molar-refractivity contribution in [3.63, 3.8) is 0 Å². The number of aromatic nitrogens is 1. The average molecular weight is 263 g/mol. The molecule has 98 valence electrons. The van der Waals surface area contributed by atoms with E-state index in [2.05, 4.69) is 0 Å². The number of carbonyl (C=O) groups is 1. The Labute approximate surface area is 98.8 Å². The fourth-order valence-corrected chi connectivity index (χ4v) is 1.16. The highest BCUT2D eigenvalue weighted by atomic mass is 19.3. The highest BCUT2D eigenvalue weighted by molar-refractivity contribution is 5.76. The van der Waals surface area contributed by atoms with Gasteiger partial charge in [0.1, 0.15) is 0 Å². The summed E-state index contributed by atoms with van der Waals surface area (Å²) in [6.45, 7) is -1.40. The van der Waals surface area contributed by atoms with E-state index in [4.69, 9.17) is 0 Å². The molecule has 0 aromatic carbocycles. The molecule has 1 aromatic heterocycles. The highest BCUT2D eigenvalue weighted by Crippen LogP contribution is 2.11. The minimum Gasteiger partial charge on any atom is -0.358 e. The van der Waals surface area contributed by atoms with Gasteiger partial charge in [-0.2, -0.15) is 8.78 Å². The number of hydrogen-bond donors (Lipinski definition) is 1. The van der Waals surface area contributed by atoms with Crippen LogP contribution in [0, 0.1) is 10.1 Å². The molecule has 6 nitrogen and oxygen atoms in total. The largest absolute Gasteiger partial charge is 0.358 e. The van der Waals surface area contributed by atoms with E-state index in [0.717, 1.165) is 4.57 Å².